The Balaban J connectivity index is 1.93. The van der Waals surface area contributed by atoms with Crippen molar-refractivity contribution in [2.75, 3.05) is 18.5 Å². The summed E-state index contributed by atoms with van der Waals surface area (Å²) in [6, 6.07) is 10.7. The lowest BCUT2D eigenvalue weighted by molar-refractivity contribution is -0.125. The fourth-order valence-corrected chi connectivity index (χ4v) is 4.68. The number of benzene rings is 2. The van der Waals surface area contributed by atoms with Gasteiger partial charge in [-0.3, -0.25) is 14.4 Å². The minimum absolute atomic E-state index is 0.0121. The van der Waals surface area contributed by atoms with Crippen LogP contribution in [0.25, 0.3) is 11.0 Å². The highest BCUT2D eigenvalue weighted by Crippen LogP contribution is 2.52. The minimum Gasteiger partial charge on any atom is -0.450 e. The van der Waals surface area contributed by atoms with E-state index in [1.165, 1.54) is 21.9 Å². The average molecular weight is 406 g/mol. The Morgan fingerprint density at radius 3 is 2.63 bits per heavy atom. The third-order valence-corrected chi connectivity index (χ3v) is 6.06. The van der Waals surface area contributed by atoms with Gasteiger partial charge in [0.1, 0.15) is 11.4 Å². The molecule has 5 rings (SSSR count). The standard InChI is InChI=1S/C23H19FN2O4/c1-3-4-11-26-21(28)20-18(19(27)14-12-13(24)9-10-17(14)30-20)23(26)15-7-5-6-8-16(15)25(2)22(23)29/h5-10,12H,3-4,11H2,1-2H3/t23-/m0/s1. The zero-order valence-electron chi connectivity index (χ0n) is 16.6. The Morgan fingerprint density at radius 2 is 1.87 bits per heavy atom. The molecule has 1 spiro atoms. The maximum Gasteiger partial charge on any atom is 0.291 e. The second-order valence-electron chi connectivity index (χ2n) is 7.68. The van der Waals surface area contributed by atoms with Crippen molar-refractivity contribution >= 4 is 28.5 Å². The Hall–Kier alpha value is -3.48. The normalized spacial score (nSPS) is 19.8. The fourth-order valence-electron chi connectivity index (χ4n) is 4.68. The fraction of sp³-hybridized carbons (Fsp3) is 0.261. The van der Waals surface area contributed by atoms with E-state index in [0.29, 0.717) is 17.7 Å². The lowest BCUT2D eigenvalue weighted by Crippen LogP contribution is -2.53. The van der Waals surface area contributed by atoms with Crippen LogP contribution in [0.4, 0.5) is 10.1 Å². The van der Waals surface area contributed by atoms with Crippen LogP contribution in [-0.2, 0) is 10.3 Å². The Kier molecular flexibility index (Phi) is 3.87. The average Bonchev–Trinajstić information content (AvgIpc) is 3.12. The summed E-state index contributed by atoms with van der Waals surface area (Å²) in [6.07, 6.45) is 1.46. The molecule has 1 atom stereocenters. The van der Waals surface area contributed by atoms with E-state index < -0.39 is 28.6 Å². The van der Waals surface area contributed by atoms with E-state index in [9.17, 15) is 18.8 Å². The first-order valence-corrected chi connectivity index (χ1v) is 9.89. The molecule has 0 saturated heterocycles. The van der Waals surface area contributed by atoms with Crippen LogP contribution in [0.3, 0.4) is 0 Å². The number of para-hydroxylation sites is 1. The molecule has 2 aliphatic rings. The van der Waals surface area contributed by atoms with Gasteiger partial charge < -0.3 is 14.2 Å². The summed E-state index contributed by atoms with van der Waals surface area (Å²) in [4.78, 5) is 43.6. The number of hydrogen-bond donors (Lipinski definition) is 0. The van der Waals surface area contributed by atoms with E-state index in [0.717, 1.165) is 12.5 Å². The van der Waals surface area contributed by atoms with E-state index in [-0.39, 0.29) is 28.8 Å². The highest BCUT2D eigenvalue weighted by molar-refractivity contribution is 6.16. The van der Waals surface area contributed by atoms with Gasteiger partial charge in [0.2, 0.25) is 5.76 Å². The second kappa shape index (κ2) is 6.26. The van der Waals surface area contributed by atoms with Crippen molar-refractivity contribution in [1.82, 2.24) is 4.90 Å². The zero-order valence-corrected chi connectivity index (χ0v) is 16.6. The number of rotatable bonds is 3. The molecular weight excluding hydrogens is 387 g/mol. The first-order chi connectivity index (χ1) is 14.4. The number of fused-ring (bicyclic) bond motifs is 5. The largest absolute Gasteiger partial charge is 0.450 e. The van der Waals surface area contributed by atoms with Crippen LogP contribution in [0.2, 0.25) is 0 Å². The Labute approximate surface area is 171 Å². The van der Waals surface area contributed by atoms with Crippen LogP contribution in [-0.4, -0.2) is 30.3 Å². The number of likely N-dealkylation sites (N-methyl/N-ethyl adjacent to an activating group) is 1. The van der Waals surface area contributed by atoms with Gasteiger partial charge in [-0.2, -0.15) is 0 Å². The van der Waals surface area contributed by atoms with E-state index >= 15 is 0 Å². The molecule has 0 saturated carbocycles. The predicted octanol–water partition coefficient (Wildman–Crippen LogP) is 3.41. The molecule has 7 heteroatoms. The number of carbonyl (C=O) groups excluding carboxylic acids is 2. The van der Waals surface area contributed by atoms with Crippen LogP contribution < -0.4 is 10.3 Å². The molecule has 2 aromatic carbocycles. The SMILES string of the molecule is CCCCN1C(=O)c2oc3ccc(F)cc3c(=O)c2[C@@]12C(=O)N(C)c1ccccc12. The molecule has 6 nitrogen and oxygen atoms in total. The summed E-state index contributed by atoms with van der Waals surface area (Å²) in [7, 11) is 1.62. The Morgan fingerprint density at radius 1 is 1.10 bits per heavy atom. The molecule has 3 aromatic rings. The maximum atomic E-state index is 13.9. The van der Waals surface area contributed by atoms with Crippen molar-refractivity contribution in [2.24, 2.45) is 0 Å². The van der Waals surface area contributed by atoms with Crippen molar-refractivity contribution in [3.63, 3.8) is 0 Å². The molecule has 2 amide bonds. The summed E-state index contributed by atoms with van der Waals surface area (Å²) in [5.74, 6) is -1.63. The smallest absolute Gasteiger partial charge is 0.291 e. The van der Waals surface area contributed by atoms with Gasteiger partial charge in [-0.1, -0.05) is 31.5 Å². The van der Waals surface area contributed by atoms with E-state index in [4.69, 9.17) is 4.42 Å². The van der Waals surface area contributed by atoms with Crippen molar-refractivity contribution in [2.45, 2.75) is 25.3 Å². The summed E-state index contributed by atoms with van der Waals surface area (Å²) < 4.78 is 19.7. The van der Waals surface area contributed by atoms with Gasteiger partial charge in [0.15, 0.2) is 11.0 Å². The van der Waals surface area contributed by atoms with Gasteiger partial charge in [-0.05, 0) is 30.7 Å². The van der Waals surface area contributed by atoms with E-state index in [2.05, 4.69) is 0 Å². The summed E-state index contributed by atoms with van der Waals surface area (Å²) in [5.41, 5.74) is -0.881. The molecule has 0 aliphatic carbocycles. The van der Waals surface area contributed by atoms with Gasteiger partial charge in [0.05, 0.1) is 10.9 Å². The zero-order chi connectivity index (χ0) is 21.2. The summed E-state index contributed by atoms with van der Waals surface area (Å²) in [6.45, 7) is 2.27. The molecule has 152 valence electrons. The predicted molar refractivity (Wildman–Crippen MR) is 109 cm³/mol. The van der Waals surface area contributed by atoms with Crippen LogP contribution in [0.1, 0.15) is 41.4 Å². The molecule has 3 heterocycles. The Bertz CT molecular complexity index is 1300. The summed E-state index contributed by atoms with van der Waals surface area (Å²) >= 11 is 0. The maximum absolute atomic E-state index is 13.9. The third kappa shape index (κ3) is 2.09. The van der Waals surface area contributed by atoms with Gasteiger partial charge in [-0.25, -0.2) is 4.39 Å². The number of hydrogen-bond acceptors (Lipinski definition) is 4. The van der Waals surface area contributed by atoms with Crippen molar-refractivity contribution < 1.29 is 18.4 Å². The summed E-state index contributed by atoms with van der Waals surface area (Å²) in [5, 5.41) is 0.0121. The molecule has 0 N–H and O–H groups in total. The molecule has 0 bridgehead atoms. The number of amides is 2. The number of halogens is 1. The second-order valence-corrected chi connectivity index (χ2v) is 7.68. The molecule has 0 unspecified atom stereocenters. The molecular formula is C23H19FN2O4. The molecule has 0 fully saturated rings. The van der Waals surface area contributed by atoms with Crippen LogP contribution in [0.5, 0.6) is 0 Å². The number of carbonyl (C=O) groups is 2. The van der Waals surface area contributed by atoms with Gasteiger partial charge in [0.25, 0.3) is 11.8 Å². The van der Waals surface area contributed by atoms with Gasteiger partial charge in [0, 0.05) is 24.8 Å². The lowest BCUT2D eigenvalue weighted by Gasteiger charge is -2.33. The number of nitrogens with zero attached hydrogens (tertiary/aromatic N) is 2. The highest BCUT2D eigenvalue weighted by Gasteiger charge is 2.64. The van der Waals surface area contributed by atoms with Gasteiger partial charge >= 0.3 is 0 Å². The molecule has 1 aromatic heterocycles. The third-order valence-electron chi connectivity index (χ3n) is 6.06. The monoisotopic (exact) mass is 406 g/mol. The molecule has 30 heavy (non-hydrogen) atoms. The molecule has 0 radical (unpaired) electrons. The minimum atomic E-state index is -1.60. The first-order valence-electron chi connectivity index (χ1n) is 9.89. The van der Waals surface area contributed by atoms with E-state index in [1.54, 1.807) is 31.3 Å². The van der Waals surface area contributed by atoms with Crippen LogP contribution in [0.15, 0.2) is 51.7 Å². The van der Waals surface area contributed by atoms with Crippen LogP contribution in [0, 0.1) is 5.82 Å². The topological polar surface area (TPSA) is 70.8 Å². The van der Waals surface area contributed by atoms with E-state index in [1.807, 2.05) is 6.92 Å². The van der Waals surface area contributed by atoms with Crippen LogP contribution >= 0.6 is 0 Å². The van der Waals surface area contributed by atoms with Crippen molar-refractivity contribution in [1.29, 1.82) is 0 Å². The highest BCUT2D eigenvalue weighted by atomic mass is 19.1. The number of unbranched alkanes of at least 4 members (excludes halogenated alkanes) is 1. The lowest BCUT2D eigenvalue weighted by atomic mass is 9.84. The quantitative estimate of drug-likeness (QED) is 0.668. The number of anilines is 1. The van der Waals surface area contributed by atoms with Crippen molar-refractivity contribution in [3.05, 3.63) is 75.4 Å². The first kappa shape index (κ1) is 18.5. The molecule has 2 aliphatic heterocycles. The van der Waals surface area contributed by atoms with Gasteiger partial charge in [-0.15, -0.1) is 0 Å². The van der Waals surface area contributed by atoms with Crippen molar-refractivity contribution in [3.8, 4) is 0 Å².